The maximum atomic E-state index is 13.8. The van der Waals surface area contributed by atoms with Gasteiger partial charge in [0.05, 0.1) is 9.89 Å². The van der Waals surface area contributed by atoms with E-state index in [1.54, 1.807) is 13.8 Å². The zero-order valence-electron chi connectivity index (χ0n) is 11.5. The number of halogens is 3. The van der Waals surface area contributed by atoms with Crippen LogP contribution in [-0.2, 0) is 11.3 Å². The van der Waals surface area contributed by atoms with E-state index in [0.29, 0.717) is 12.8 Å². The first-order valence-corrected chi connectivity index (χ1v) is 7.23. The minimum absolute atomic E-state index is 0.0495. The van der Waals surface area contributed by atoms with E-state index >= 15 is 0 Å². The summed E-state index contributed by atoms with van der Waals surface area (Å²) in [5.74, 6) is -2.20. The van der Waals surface area contributed by atoms with Crippen molar-refractivity contribution in [1.82, 2.24) is 5.32 Å². The van der Waals surface area contributed by atoms with E-state index < -0.39 is 23.0 Å². The fraction of sp³-hybridized carbons (Fsp3) is 0.500. The molecule has 3 nitrogen and oxygen atoms in total. The highest BCUT2D eigenvalue weighted by Gasteiger charge is 2.34. The summed E-state index contributed by atoms with van der Waals surface area (Å²) < 4.78 is 27.5. The third-order valence-electron chi connectivity index (χ3n) is 3.71. The van der Waals surface area contributed by atoms with E-state index in [1.165, 1.54) is 12.1 Å². The summed E-state index contributed by atoms with van der Waals surface area (Å²) in [4.78, 5) is 11.3. The molecule has 0 aliphatic heterocycles. The zero-order valence-corrected chi connectivity index (χ0v) is 13.1. The van der Waals surface area contributed by atoms with Gasteiger partial charge in [0, 0.05) is 18.7 Å². The van der Waals surface area contributed by atoms with Gasteiger partial charge in [-0.2, -0.15) is 0 Å². The molecule has 1 rings (SSSR count). The SMILES string of the molecule is CCC(CC)(CNCc1c(F)ccc(Br)c1F)C(=O)O. The Kier molecular flexibility index (Phi) is 6.07. The van der Waals surface area contributed by atoms with Crippen LogP contribution in [0.4, 0.5) is 8.78 Å². The van der Waals surface area contributed by atoms with Crippen molar-refractivity contribution in [2.24, 2.45) is 5.41 Å². The third kappa shape index (κ3) is 3.55. The van der Waals surface area contributed by atoms with Gasteiger partial charge in [-0.25, -0.2) is 8.78 Å². The lowest BCUT2D eigenvalue weighted by Crippen LogP contribution is -2.40. The average molecular weight is 350 g/mol. The van der Waals surface area contributed by atoms with Crippen molar-refractivity contribution >= 4 is 21.9 Å². The molecule has 0 saturated carbocycles. The number of aliphatic carboxylic acids is 1. The summed E-state index contributed by atoms with van der Waals surface area (Å²) in [6, 6.07) is 2.47. The number of nitrogens with one attached hydrogen (secondary N) is 1. The van der Waals surface area contributed by atoms with E-state index in [-0.39, 0.29) is 23.1 Å². The lowest BCUT2D eigenvalue weighted by molar-refractivity contribution is -0.149. The summed E-state index contributed by atoms with van der Waals surface area (Å²) in [7, 11) is 0. The average Bonchev–Trinajstić information content (AvgIpc) is 2.42. The van der Waals surface area contributed by atoms with Gasteiger partial charge in [-0.1, -0.05) is 13.8 Å². The van der Waals surface area contributed by atoms with Crippen LogP contribution in [0, 0.1) is 17.0 Å². The van der Waals surface area contributed by atoms with Crippen molar-refractivity contribution in [2.45, 2.75) is 33.2 Å². The predicted octanol–water partition coefficient (Wildman–Crippen LogP) is 3.71. The van der Waals surface area contributed by atoms with Crippen molar-refractivity contribution in [2.75, 3.05) is 6.54 Å². The molecule has 0 atom stereocenters. The van der Waals surface area contributed by atoms with Crippen LogP contribution in [-0.4, -0.2) is 17.6 Å². The molecule has 0 spiro atoms. The summed E-state index contributed by atoms with van der Waals surface area (Å²) in [6.45, 7) is 3.70. The second-order valence-corrected chi connectivity index (χ2v) is 5.57. The summed E-state index contributed by atoms with van der Waals surface area (Å²) in [6.07, 6.45) is 0.907. The third-order valence-corrected chi connectivity index (χ3v) is 4.32. The van der Waals surface area contributed by atoms with Crippen LogP contribution < -0.4 is 5.32 Å². The van der Waals surface area contributed by atoms with Crippen molar-refractivity contribution in [3.05, 3.63) is 33.8 Å². The molecule has 20 heavy (non-hydrogen) atoms. The molecule has 0 aromatic heterocycles. The Labute approximate surface area is 125 Å². The Morgan fingerprint density at radius 3 is 2.45 bits per heavy atom. The number of carboxylic acids is 1. The fourth-order valence-electron chi connectivity index (χ4n) is 2.04. The standard InChI is InChI=1S/C14H18BrF2NO2/c1-3-14(4-2,13(19)20)8-18-7-9-11(16)6-5-10(15)12(9)17/h5-6,18H,3-4,7-8H2,1-2H3,(H,19,20). The molecule has 0 radical (unpaired) electrons. The van der Waals surface area contributed by atoms with Crippen LogP contribution in [0.3, 0.4) is 0 Å². The fourth-order valence-corrected chi connectivity index (χ4v) is 2.41. The summed E-state index contributed by atoms with van der Waals surface area (Å²) in [5, 5.41) is 12.1. The van der Waals surface area contributed by atoms with Gasteiger partial charge in [0.2, 0.25) is 0 Å². The largest absolute Gasteiger partial charge is 0.481 e. The summed E-state index contributed by atoms with van der Waals surface area (Å²) >= 11 is 3.00. The molecule has 112 valence electrons. The van der Waals surface area contributed by atoms with Crippen molar-refractivity contribution in [3.63, 3.8) is 0 Å². The first-order valence-electron chi connectivity index (χ1n) is 6.44. The Bertz CT molecular complexity index is 490. The van der Waals surface area contributed by atoms with E-state index in [2.05, 4.69) is 21.2 Å². The van der Waals surface area contributed by atoms with E-state index in [9.17, 15) is 18.7 Å². The van der Waals surface area contributed by atoms with Crippen LogP contribution in [0.15, 0.2) is 16.6 Å². The van der Waals surface area contributed by atoms with Gasteiger partial charge in [-0.3, -0.25) is 4.79 Å². The highest BCUT2D eigenvalue weighted by atomic mass is 79.9. The molecule has 0 heterocycles. The molecule has 0 unspecified atom stereocenters. The Morgan fingerprint density at radius 1 is 1.35 bits per heavy atom. The van der Waals surface area contributed by atoms with Crippen molar-refractivity contribution in [1.29, 1.82) is 0 Å². The number of hydrogen-bond acceptors (Lipinski definition) is 2. The summed E-state index contributed by atoms with van der Waals surface area (Å²) in [5.41, 5.74) is -0.996. The van der Waals surface area contributed by atoms with E-state index in [4.69, 9.17) is 0 Å². The van der Waals surface area contributed by atoms with Gasteiger partial charge in [-0.15, -0.1) is 0 Å². The van der Waals surface area contributed by atoms with Crippen LogP contribution in [0.5, 0.6) is 0 Å². The monoisotopic (exact) mass is 349 g/mol. The molecule has 0 fully saturated rings. The molecular weight excluding hydrogens is 332 g/mol. The van der Waals surface area contributed by atoms with Gasteiger partial charge in [-0.05, 0) is 40.9 Å². The highest BCUT2D eigenvalue weighted by Crippen LogP contribution is 2.26. The number of rotatable bonds is 7. The number of hydrogen-bond donors (Lipinski definition) is 2. The van der Waals surface area contributed by atoms with Gasteiger partial charge >= 0.3 is 5.97 Å². The first-order chi connectivity index (χ1) is 9.38. The Morgan fingerprint density at radius 2 is 1.95 bits per heavy atom. The maximum Gasteiger partial charge on any atom is 0.310 e. The molecule has 0 aliphatic carbocycles. The molecule has 1 aromatic rings. The second kappa shape index (κ2) is 7.13. The lowest BCUT2D eigenvalue weighted by atomic mass is 9.82. The van der Waals surface area contributed by atoms with Crippen LogP contribution in [0.2, 0.25) is 0 Å². The predicted molar refractivity (Wildman–Crippen MR) is 76.4 cm³/mol. The van der Waals surface area contributed by atoms with Gasteiger partial charge in [0.25, 0.3) is 0 Å². The van der Waals surface area contributed by atoms with Gasteiger partial charge in [0.15, 0.2) is 0 Å². The van der Waals surface area contributed by atoms with Crippen LogP contribution in [0.25, 0.3) is 0 Å². The number of carbonyl (C=O) groups is 1. The number of benzene rings is 1. The Balaban J connectivity index is 2.78. The van der Waals surface area contributed by atoms with E-state index in [0.717, 1.165) is 0 Å². The molecule has 6 heteroatoms. The molecular formula is C14H18BrF2NO2. The topological polar surface area (TPSA) is 49.3 Å². The first kappa shape index (κ1) is 17.0. The van der Waals surface area contributed by atoms with Gasteiger partial charge in [0.1, 0.15) is 11.6 Å². The quantitative estimate of drug-likeness (QED) is 0.737. The molecule has 0 saturated heterocycles. The van der Waals surface area contributed by atoms with Crippen LogP contribution >= 0.6 is 15.9 Å². The smallest absolute Gasteiger partial charge is 0.310 e. The molecule has 2 N–H and O–H groups in total. The maximum absolute atomic E-state index is 13.8. The molecule has 0 aliphatic rings. The van der Waals surface area contributed by atoms with E-state index in [1.807, 2.05) is 0 Å². The minimum atomic E-state index is -0.904. The normalized spacial score (nSPS) is 11.7. The van der Waals surface area contributed by atoms with Crippen molar-refractivity contribution in [3.8, 4) is 0 Å². The van der Waals surface area contributed by atoms with Crippen molar-refractivity contribution < 1.29 is 18.7 Å². The zero-order chi connectivity index (χ0) is 15.3. The molecule has 0 bridgehead atoms. The minimum Gasteiger partial charge on any atom is -0.481 e. The Hall–Kier alpha value is -1.01. The van der Waals surface area contributed by atoms with Gasteiger partial charge < -0.3 is 10.4 Å². The number of carboxylic acid groups (broad SMARTS) is 1. The highest BCUT2D eigenvalue weighted by molar-refractivity contribution is 9.10. The second-order valence-electron chi connectivity index (χ2n) is 4.72. The molecule has 1 aromatic carbocycles. The van der Waals surface area contributed by atoms with Crippen LogP contribution in [0.1, 0.15) is 32.3 Å². The molecule has 0 amide bonds. The lowest BCUT2D eigenvalue weighted by Gasteiger charge is -2.27.